The first-order valence-electron chi connectivity index (χ1n) is 5.17. The quantitative estimate of drug-likeness (QED) is 0.680. The third-order valence-corrected chi connectivity index (χ3v) is 2.43. The van der Waals surface area contributed by atoms with Gasteiger partial charge in [-0.2, -0.15) is 0 Å². The summed E-state index contributed by atoms with van der Waals surface area (Å²) in [6, 6.07) is 10.2. The van der Waals surface area contributed by atoms with Crippen molar-refractivity contribution in [2.75, 3.05) is 13.2 Å². The van der Waals surface area contributed by atoms with Crippen LogP contribution in [0.4, 0.5) is 0 Å². The van der Waals surface area contributed by atoms with Crippen molar-refractivity contribution in [3.8, 4) is 0 Å². The lowest BCUT2D eigenvalue weighted by atomic mass is 10.1. The lowest BCUT2D eigenvalue weighted by molar-refractivity contribution is 0.00106. The molecule has 3 N–H and O–H groups in total. The van der Waals surface area contributed by atoms with E-state index >= 15 is 0 Å². The Bertz CT molecular complexity index is 285. The van der Waals surface area contributed by atoms with Crippen LogP contribution in [0.15, 0.2) is 30.3 Å². The van der Waals surface area contributed by atoms with E-state index in [1.165, 1.54) is 5.56 Å². The first-order chi connectivity index (χ1) is 7.05. The van der Waals surface area contributed by atoms with Crippen LogP contribution in [0.3, 0.4) is 0 Å². The maximum atomic E-state index is 9.61. The van der Waals surface area contributed by atoms with Crippen molar-refractivity contribution in [1.29, 1.82) is 0 Å². The van der Waals surface area contributed by atoms with Gasteiger partial charge in [0.05, 0.1) is 12.2 Å². The van der Waals surface area contributed by atoms with Gasteiger partial charge < -0.3 is 15.5 Å². The second kappa shape index (κ2) is 5.26. The number of benzene rings is 1. The first kappa shape index (κ1) is 12.2. The number of aliphatic hydroxyl groups excluding tert-OH is 1. The Labute approximate surface area is 90.8 Å². The van der Waals surface area contributed by atoms with Crippen LogP contribution >= 0.6 is 0 Å². The average Bonchev–Trinajstić information content (AvgIpc) is 2.27. The van der Waals surface area contributed by atoms with Crippen LogP contribution in [-0.4, -0.2) is 29.0 Å². The summed E-state index contributed by atoms with van der Waals surface area (Å²) < 4.78 is 0. The molecule has 0 radical (unpaired) electrons. The highest BCUT2D eigenvalue weighted by molar-refractivity contribution is 5.18. The number of nitrogens with one attached hydrogen (secondary N) is 1. The van der Waals surface area contributed by atoms with Crippen molar-refractivity contribution in [2.24, 2.45) is 0 Å². The summed E-state index contributed by atoms with van der Waals surface area (Å²) in [5.41, 5.74) is 0.120. The normalized spacial score (nSPS) is 17.1. The minimum Gasteiger partial charge on any atom is -0.393 e. The van der Waals surface area contributed by atoms with Gasteiger partial charge in [-0.05, 0) is 19.4 Å². The molecule has 0 heterocycles. The van der Waals surface area contributed by atoms with E-state index in [1.807, 2.05) is 37.3 Å². The Hall–Kier alpha value is -0.900. The van der Waals surface area contributed by atoms with Gasteiger partial charge in [-0.15, -0.1) is 0 Å². The van der Waals surface area contributed by atoms with Gasteiger partial charge in [-0.1, -0.05) is 30.3 Å². The van der Waals surface area contributed by atoms with Crippen molar-refractivity contribution < 1.29 is 10.2 Å². The van der Waals surface area contributed by atoms with E-state index in [0.29, 0.717) is 6.54 Å². The lowest BCUT2D eigenvalue weighted by Gasteiger charge is -2.23. The minimum absolute atomic E-state index is 0.171. The van der Waals surface area contributed by atoms with E-state index in [4.69, 9.17) is 5.11 Å². The summed E-state index contributed by atoms with van der Waals surface area (Å²) in [6.07, 6.45) is 0. The Kier molecular flexibility index (Phi) is 4.27. The van der Waals surface area contributed by atoms with E-state index in [2.05, 4.69) is 5.32 Å². The average molecular weight is 209 g/mol. The van der Waals surface area contributed by atoms with Crippen LogP contribution in [0, 0.1) is 0 Å². The molecule has 0 amide bonds. The molecule has 84 valence electrons. The molecule has 0 saturated heterocycles. The fourth-order valence-electron chi connectivity index (χ4n) is 1.29. The molecule has 1 aromatic carbocycles. The first-order valence-corrected chi connectivity index (χ1v) is 5.17. The summed E-state index contributed by atoms with van der Waals surface area (Å²) in [4.78, 5) is 0. The van der Waals surface area contributed by atoms with Gasteiger partial charge in [0.25, 0.3) is 0 Å². The molecule has 0 fully saturated rings. The lowest BCUT2D eigenvalue weighted by Crippen LogP contribution is -2.41. The molecule has 15 heavy (non-hydrogen) atoms. The van der Waals surface area contributed by atoms with Gasteiger partial charge in [0.15, 0.2) is 0 Å². The summed E-state index contributed by atoms with van der Waals surface area (Å²) in [5, 5.41) is 21.7. The van der Waals surface area contributed by atoms with Crippen LogP contribution in [0.1, 0.15) is 25.5 Å². The second-order valence-electron chi connectivity index (χ2n) is 4.17. The number of hydrogen-bond acceptors (Lipinski definition) is 3. The Morgan fingerprint density at radius 3 is 2.47 bits per heavy atom. The topological polar surface area (TPSA) is 52.5 Å². The number of rotatable bonds is 5. The molecule has 0 saturated carbocycles. The molecular formula is C12H19NO2. The van der Waals surface area contributed by atoms with Gasteiger partial charge in [-0.25, -0.2) is 0 Å². The van der Waals surface area contributed by atoms with E-state index < -0.39 is 5.60 Å². The second-order valence-corrected chi connectivity index (χ2v) is 4.17. The van der Waals surface area contributed by atoms with Crippen molar-refractivity contribution >= 4 is 0 Å². The van der Waals surface area contributed by atoms with Gasteiger partial charge in [0.1, 0.15) is 0 Å². The van der Waals surface area contributed by atoms with Crippen molar-refractivity contribution in [3.05, 3.63) is 35.9 Å². The Morgan fingerprint density at radius 1 is 1.33 bits per heavy atom. The fraction of sp³-hybridized carbons (Fsp3) is 0.500. The van der Waals surface area contributed by atoms with Gasteiger partial charge in [-0.3, -0.25) is 0 Å². The van der Waals surface area contributed by atoms with E-state index in [9.17, 15) is 5.11 Å². The highest BCUT2D eigenvalue weighted by Crippen LogP contribution is 2.12. The van der Waals surface area contributed by atoms with Crippen LogP contribution in [0.25, 0.3) is 0 Å². The highest BCUT2D eigenvalue weighted by Gasteiger charge is 2.19. The predicted molar refractivity (Wildman–Crippen MR) is 60.6 cm³/mol. The smallest absolute Gasteiger partial charge is 0.0973 e. The molecule has 0 spiro atoms. The maximum Gasteiger partial charge on any atom is 0.0973 e. The Balaban J connectivity index is 2.47. The molecule has 1 rings (SSSR count). The Morgan fingerprint density at radius 2 is 1.93 bits per heavy atom. The molecule has 3 nitrogen and oxygen atoms in total. The van der Waals surface area contributed by atoms with Crippen LogP contribution in [0.2, 0.25) is 0 Å². The van der Waals surface area contributed by atoms with Gasteiger partial charge in [0.2, 0.25) is 0 Å². The fourth-order valence-corrected chi connectivity index (χ4v) is 1.29. The largest absolute Gasteiger partial charge is 0.393 e. The van der Waals surface area contributed by atoms with Crippen LogP contribution < -0.4 is 5.32 Å². The van der Waals surface area contributed by atoms with Gasteiger partial charge >= 0.3 is 0 Å². The zero-order chi connectivity index (χ0) is 11.3. The third kappa shape index (κ3) is 4.00. The molecular weight excluding hydrogens is 190 g/mol. The van der Waals surface area contributed by atoms with Crippen molar-refractivity contribution in [2.45, 2.75) is 25.5 Å². The summed E-state index contributed by atoms with van der Waals surface area (Å²) in [6.45, 7) is 3.78. The summed E-state index contributed by atoms with van der Waals surface area (Å²) in [7, 11) is 0. The zero-order valence-electron chi connectivity index (χ0n) is 9.27. The third-order valence-electron chi connectivity index (χ3n) is 2.43. The van der Waals surface area contributed by atoms with Crippen LogP contribution in [0.5, 0.6) is 0 Å². The SMILES string of the molecule is CC(NCC(C)(O)CO)c1ccccc1. The molecule has 1 aromatic rings. The van der Waals surface area contributed by atoms with Gasteiger partial charge in [0, 0.05) is 12.6 Å². The minimum atomic E-state index is -1.05. The molecule has 2 atom stereocenters. The molecule has 2 unspecified atom stereocenters. The van der Waals surface area contributed by atoms with E-state index in [0.717, 1.165) is 0 Å². The zero-order valence-corrected chi connectivity index (χ0v) is 9.27. The molecule has 0 aliphatic heterocycles. The molecule has 0 aromatic heterocycles. The summed E-state index contributed by atoms with van der Waals surface area (Å²) >= 11 is 0. The van der Waals surface area contributed by atoms with E-state index in [-0.39, 0.29) is 12.6 Å². The standard InChI is InChI=1S/C12H19NO2/c1-10(11-6-4-3-5-7-11)13-8-12(2,15)9-14/h3-7,10,13-15H,8-9H2,1-2H3. The molecule has 3 heteroatoms. The van der Waals surface area contributed by atoms with Crippen LogP contribution in [-0.2, 0) is 0 Å². The maximum absolute atomic E-state index is 9.61. The molecule has 0 aliphatic rings. The predicted octanol–water partition coefficient (Wildman–Crippen LogP) is 1.08. The van der Waals surface area contributed by atoms with Crippen molar-refractivity contribution in [3.63, 3.8) is 0 Å². The van der Waals surface area contributed by atoms with E-state index in [1.54, 1.807) is 6.92 Å². The summed E-state index contributed by atoms with van der Waals surface area (Å²) in [5.74, 6) is 0. The molecule has 0 bridgehead atoms. The number of aliphatic hydroxyl groups is 2. The van der Waals surface area contributed by atoms with Crippen molar-refractivity contribution in [1.82, 2.24) is 5.32 Å². The highest BCUT2D eigenvalue weighted by atomic mass is 16.3. The monoisotopic (exact) mass is 209 g/mol. The number of hydrogen-bond donors (Lipinski definition) is 3. The molecule has 0 aliphatic carbocycles.